The van der Waals surface area contributed by atoms with E-state index in [-0.39, 0.29) is 5.92 Å². The van der Waals surface area contributed by atoms with Crippen molar-refractivity contribution in [1.29, 1.82) is 0 Å². The first kappa shape index (κ1) is 10.9. The second kappa shape index (κ2) is 3.47. The standard InChI is InChI=1S/C10H13BrO4/c11-10-3-1-5(2-4-10)6(8(12)13)7(10)9(14)15/h5-7H,1-4H2,(H,12,13)(H,14,15)/t5?,6-,7-,10?/m1/s1. The van der Waals surface area contributed by atoms with Gasteiger partial charge in [0.1, 0.15) is 0 Å². The molecule has 5 heteroatoms. The molecule has 3 rings (SSSR count). The summed E-state index contributed by atoms with van der Waals surface area (Å²) in [5.41, 5.74) is 0. The molecule has 3 fully saturated rings. The molecule has 0 aliphatic heterocycles. The normalized spacial score (nSPS) is 43.9. The van der Waals surface area contributed by atoms with Crippen molar-refractivity contribution in [2.45, 2.75) is 30.0 Å². The predicted molar refractivity (Wildman–Crippen MR) is 55.9 cm³/mol. The van der Waals surface area contributed by atoms with E-state index >= 15 is 0 Å². The molecule has 0 aromatic carbocycles. The van der Waals surface area contributed by atoms with Gasteiger partial charge in [0.15, 0.2) is 0 Å². The first-order valence-electron chi connectivity index (χ1n) is 5.10. The number of rotatable bonds is 2. The van der Waals surface area contributed by atoms with Crippen molar-refractivity contribution < 1.29 is 19.8 Å². The van der Waals surface area contributed by atoms with Crippen molar-refractivity contribution in [2.75, 3.05) is 0 Å². The average molecular weight is 277 g/mol. The first-order valence-corrected chi connectivity index (χ1v) is 5.89. The van der Waals surface area contributed by atoms with Crippen molar-refractivity contribution >= 4 is 27.9 Å². The zero-order chi connectivity index (χ0) is 11.2. The van der Waals surface area contributed by atoms with Crippen molar-refractivity contribution in [3.63, 3.8) is 0 Å². The second-order valence-corrected chi connectivity index (χ2v) is 6.13. The molecule has 0 radical (unpaired) electrons. The quantitative estimate of drug-likeness (QED) is 0.754. The summed E-state index contributed by atoms with van der Waals surface area (Å²) in [5, 5.41) is 18.3. The van der Waals surface area contributed by atoms with Crippen LogP contribution in [-0.4, -0.2) is 26.5 Å². The van der Waals surface area contributed by atoms with E-state index in [2.05, 4.69) is 15.9 Å². The Morgan fingerprint density at radius 2 is 1.67 bits per heavy atom. The number of hydrogen-bond acceptors (Lipinski definition) is 2. The second-order valence-electron chi connectivity index (χ2n) is 4.55. The van der Waals surface area contributed by atoms with E-state index in [1.165, 1.54) is 0 Å². The highest BCUT2D eigenvalue weighted by Crippen LogP contribution is 2.55. The van der Waals surface area contributed by atoms with E-state index in [1.54, 1.807) is 0 Å². The van der Waals surface area contributed by atoms with Gasteiger partial charge in [0.25, 0.3) is 0 Å². The Hall–Kier alpha value is -0.580. The highest BCUT2D eigenvalue weighted by molar-refractivity contribution is 9.10. The van der Waals surface area contributed by atoms with Crippen LogP contribution in [0, 0.1) is 17.8 Å². The maximum Gasteiger partial charge on any atom is 0.308 e. The summed E-state index contributed by atoms with van der Waals surface area (Å²) in [6, 6.07) is 0. The lowest BCUT2D eigenvalue weighted by molar-refractivity contribution is -0.163. The zero-order valence-corrected chi connectivity index (χ0v) is 9.74. The van der Waals surface area contributed by atoms with Crippen LogP contribution in [0.5, 0.6) is 0 Å². The summed E-state index contributed by atoms with van der Waals surface area (Å²) in [5.74, 6) is -3.39. The van der Waals surface area contributed by atoms with Crippen molar-refractivity contribution in [3.05, 3.63) is 0 Å². The molecule has 0 unspecified atom stereocenters. The van der Waals surface area contributed by atoms with Gasteiger partial charge < -0.3 is 10.2 Å². The lowest BCUT2D eigenvalue weighted by atomic mass is 9.58. The van der Waals surface area contributed by atoms with Crippen LogP contribution in [0.25, 0.3) is 0 Å². The molecule has 0 spiro atoms. The number of carboxylic acids is 2. The lowest BCUT2D eigenvalue weighted by Crippen LogP contribution is -2.55. The molecule has 2 N–H and O–H groups in total. The number of carboxylic acid groups (broad SMARTS) is 2. The van der Waals surface area contributed by atoms with Crippen molar-refractivity contribution in [1.82, 2.24) is 0 Å². The summed E-state index contributed by atoms with van der Waals surface area (Å²) < 4.78 is -0.489. The topological polar surface area (TPSA) is 74.6 Å². The molecule has 3 aliphatic rings. The van der Waals surface area contributed by atoms with Crippen molar-refractivity contribution in [3.8, 4) is 0 Å². The molecule has 3 aliphatic carbocycles. The van der Waals surface area contributed by atoms with Crippen LogP contribution in [-0.2, 0) is 9.59 Å². The van der Waals surface area contributed by atoms with Crippen LogP contribution in [0.2, 0.25) is 0 Å². The number of carbonyl (C=O) groups is 2. The van der Waals surface area contributed by atoms with Gasteiger partial charge in [0.2, 0.25) is 0 Å². The Morgan fingerprint density at radius 3 is 2.00 bits per heavy atom. The highest BCUT2D eigenvalue weighted by atomic mass is 79.9. The molecule has 0 saturated heterocycles. The van der Waals surface area contributed by atoms with E-state index < -0.39 is 28.1 Å². The molecule has 2 atom stereocenters. The Balaban J connectivity index is 2.37. The summed E-state index contributed by atoms with van der Waals surface area (Å²) >= 11 is 3.46. The minimum absolute atomic E-state index is 0.0445. The largest absolute Gasteiger partial charge is 0.481 e. The fourth-order valence-electron chi connectivity index (χ4n) is 3.10. The van der Waals surface area contributed by atoms with Crippen LogP contribution < -0.4 is 0 Å². The Bertz CT molecular complexity index is 307. The number of alkyl halides is 1. The third-order valence-corrected chi connectivity index (χ3v) is 5.12. The minimum atomic E-state index is -0.983. The average Bonchev–Trinajstić information content (AvgIpc) is 2.16. The predicted octanol–water partition coefficient (Wildman–Crippen LogP) is 1.73. The number of aliphatic carboxylic acids is 2. The van der Waals surface area contributed by atoms with Crippen LogP contribution in [0.4, 0.5) is 0 Å². The Kier molecular flexibility index (Phi) is 2.53. The molecular weight excluding hydrogens is 264 g/mol. The van der Waals surface area contributed by atoms with Gasteiger partial charge in [-0.25, -0.2) is 0 Å². The lowest BCUT2D eigenvalue weighted by Gasteiger charge is -2.50. The Labute approximate surface area is 95.8 Å². The summed E-state index contributed by atoms with van der Waals surface area (Å²) in [6.45, 7) is 0. The third-order valence-electron chi connectivity index (χ3n) is 3.84. The number of fused-ring (bicyclic) bond motifs is 3. The fraction of sp³-hybridized carbons (Fsp3) is 0.800. The van der Waals surface area contributed by atoms with Gasteiger partial charge in [-0.15, -0.1) is 0 Å². The van der Waals surface area contributed by atoms with Crippen LogP contribution in [0.3, 0.4) is 0 Å². The maximum absolute atomic E-state index is 11.2. The summed E-state index contributed by atoms with van der Waals surface area (Å²) in [6.07, 6.45) is 3.20. The Morgan fingerprint density at radius 1 is 1.13 bits per heavy atom. The SMILES string of the molecule is O=C(O)[C@@H]1C2CCC(Br)(CC2)[C@H]1C(=O)O. The molecule has 0 aromatic rings. The van der Waals surface area contributed by atoms with Gasteiger partial charge in [0.05, 0.1) is 11.8 Å². The first-order chi connectivity index (χ1) is 6.96. The van der Waals surface area contributed by atoms with Gasteiger partial charge >= 0.3 is 11.9 Å². The van der Waals surface area contributed by atoms with E-state index in [0.29, 0.717) is 0 Å². The molecule has 2 bridgehead atoms. The van der Waals surface area contributed by atoms with E-state index in [4.69, 9.17) is 10.2 Å². The fourth-order valence-corrected chi connectivity index (χ4v) is 4.04. The molecule has 84 valence electrons. The summed E-state index contributed by atoms with van der Waals surface area (Å²) in [4.78, 5) is 22.3. The number of halogens is 1. The van der Waals surface area contributed by atoms with E-state index in [9.17, 15) is 9.59 Å². The van der Waals surface area contributed by atoms with E-state index in [1.807, 2.05) is 0 Å². The summed E-state index contributed by atoms with van der Waals surface area (Å²) in [7, 11) is 0. The highest BCUT2D eigenvalue weighted by Gasteiger charge is 2.57. The molecule has 0 aromatic heterocycles. The van der Waals surface area contributed by atoms with E-state index in [0.717, 1.165) is 25.7 Å². The van der Waals surface area contributed by atoms with Gasteiger partial charge in [-0.05, 0) is 31.6 Å². The minimum Gasteiger partial charge on any atom is -0.481 e. The monoisotopic (exact) mass is 276 g/mol. The van der Waals surface area contributed by atoms with Gasteiger partial charge in [-0.2, -0.15) is 0 Å². The molecule has 3 saturated carbocycles. The third kappa shape index (κ3) is 1.57. The maximum atomic E-state index is 11.2. The van der Waals surface area contributed by atoms with Crippen LogP contribution >= 0.6 is 15.9 Å². The molecule has 4 nitrogen and oxygen atoms in total. The molecular formula is C10H13BrO4. The van der Waals surface area contributed by atoms with Gasteiger partial charge in [0, 0.05) is 4.32 Å². The van der Waals surface area contributed by atoms with Crippen molar-refractivity contribution in [2.24, 2.45) is 17.8 Å². The smallest absolute Gasteiger partial charge is 0.308 e. The molecule has 0 heterocycles. The van der Waals surface area contributed by atoms with Crippen LogP contribution in [0.15, 0.2) is 0 Å². The van der Waals surface area contributed by atoms with Gasteiger partial charge in [-0.1, -0.05) is 15.9 Å². The van der Waals surface area contributed by atoms with Crippen LogP contribution in [0.1, 0.15) is 25.7 Å². The molecule has 0 amide bonds. The van der Waals surface area contributed by atoms with Gasteiger partial charge in [-0.3, -0.25) is 9.59 Å². The number of hydrogen-bond donors (Lipinski definition) is 2. The molecule has 15 heavy (non-hydrogen) atoms. The zero-order valence-electron chi connectivity index (χ0n) is 8.15.